The maximum atomic E-state index is 14.3. The summed E-state index contributed by atoms with van der Waals surface area (Å²) in [5, 5.41) is 6.60. The van der Waals surface area contributed by atoms with Gasteiger partial charge in [-0.15, -0.1) is 24.0 Å². The van der Waals surface area contributed by atoms with Crippen molar-refractivity contribution in [3.63, 3.8) is 0 Å². The molecule has 1 atom stereocenters. The normalized spacial score (nSPS) is 14.9. The summed E-state index contributed by atoms with van der Waals surface area (Å²) in [6.07, 6.45) is 5.57. The van der Waals surface area contributed by atoms with Crippen LogP contribution in [0.2, 0.25) is 0 Å². The van der Waals surface area contributed by atoms with Crippen molar-refractivity contribution in [3.8, 4) is 5.75 Å². The van der Waals surface area contributed by atoms with Crippen LogP contribution >= 0.6 is 24.0 Å². The quantitative estimate of drug-likeness (QED) is 0.187. The van der Waals surface area contributed by atoms with E-state index in [-0.39, 0.29) is 35.8 Å². The lowest BCUT2D eigenvalue weighted by atomic mass is 10.1. The summed E-state index contributed by atoms with van der Waals surface area (Å²) in [6.45, 7) is 6.99. The van der Waals surface area contributed by atoms with Crippen molar-refractivity contribution >= 4 is 29.9 Å². The number of hydrogen-bond acceptors (Lipinski definition) is 3. The zero-order valence-corrected chi connectivity index (χ0v) is 19.6. The van der Waals surface area contributed by atoms with Crippen LogP contribution in [-0.4, -0.2) is 39.4 Å². The van der Waals surface area contributed by atoms with E-state index in [0.717, 1.165) is 50.5 Å². The molecule has 0 heterocycles. The molecule has 1 aromatic carbocycles. The van der Waals surface area contributed by atoms with Gasteiger partial charge >= 0.3 is 0 Å². The Morgan fingerprint density at radius 1 is 1.29 bits per heavy atom. The fraction of sp³-hybridized carbons (Fsp3) is 0.667. The van der Waals surface area contributed by atoms with E-state index in [4.69, 9.17) is 9.47 Å². The SMILES string of the molecule is CCNC(=NCCCCCOC)NC(C)c1ccc(OCC2CC2)c(F)c1.I. The number of methoxy groups -OCH3 is 1. The molecule has 0 spiro atoms. The highest BCUT2D eigenvalue weighted by molar-refractivity contribution is 14.0. The van der Waals surface area contributed by atoms with Gasteiger partial charge in [-0.1, -0.05) is 6.07 Å². The van der Waals surface area contributed by atoms with E-state index < -0.39 is 0 Å². The molecule has 1 saturated carbocycles. The molecule has 0 aliphatic heterocycles. The zero-order valence-electron chi connectivity index (χ0n) is 17.3. The highest BCUT2D eigenvalue weighted by Gasteiger charge is 2.22. The molecule has 2 rings (SSSR count). The van der Waals surface area contributed by atoms with Gasteiger partial charge in [-0.2, -0.15) is 0 Å². The molecule has 0 aromatic heterocycles. The Hall–Kier alpha value is -1.09. The average molecular weight is 507 g/mol. The van der Waals surface area contributed by atoms with E-state index in [1.54, 1.807) is 19.2 Å². The number of nitrogens with one attached hydrogen (secondary N) is 2. The summed E-state index contributed by atoms with van der Waals surface area (Å²) in [5.74, 6) is 1.40. The minimum atomic E-state index is -0.304. The maximum absolute atomic E-state index is 14.3. The number of aliphatic imine (C=N–C) groups is 1. The lowest BCUT2D eigenvalue weighted by molar-refractivity contribution is 0.192. The van der Waals surface area contributed by atoms with Crippen molar-refractivity contribution < 1.29 is 13.9 Å². The molecular weight excluding hydrogens is 472 g/mol. The second kappa shape index (κ2) is 14.0. The van der Waals surface area contributed by atoms with Crippen molar-refractivity contribution in [2.75, 3.05) is 33.4 Å². The topological polar surface area (TPSA) is 54.9 Å². The summed E-state index contributed by atoms with van der Waals surface area (Å²) < 4.78 is 24.9. The lowest BCUT2D eigenvalue weighted by Crippen LogP contribution is -2.38. The molecule has 7 heteroatoms. The van der Waals surface area contributed by atoms with Gasteiger partial charge in [0.05, 0.1) is 12.6 Å². The second-order valence-corrected chi connectivity index (χ2v) is 7.12. The molecule has 160 valence electrons. The third-order valence-electron chi connectivity index (χ3n) is 4.60. The van der Waals surface area contributed by atoms with Crippen molar-refractivity contribution in [2.24, 2.45) is 10.9 Å². The fourth-order valence-corrected chi connectivity index (χ4v) is 2.73. The molecule has 0 amide bonds. The third kappa shape index (κ3) is 9.41. The van der Waals surface area contributed by atoms with E-state index in [9.17, 15) is 4.39 Å². The Labute approximate surface area is 185 Å². The van der Waals surface area contributed by atoms with Crippen LogP contribution < -0.4 is 15.4 Å². The summed E-state index contributed by atoms with van der Waals surface area (Å²) >= 11 is 0. The van der Waals surface area contributed by atoms with Gasteiger partial charge in [0.25, 0.3) is 0 Å². The molecule has 1 aliphatic carbocycles. The largest absolute Gasteiger partial charge is 0.490 e. The molecule has 0 radical (unpaired) electrons. The molecule has 2 N–H and O–H groups in total. The molecule has 0 saturated heterocycles. The predicted octanol–water partition coefficient (Wildman–Crippen LogP) is 4.67. The summed E-state index contributed by atoms with van der Waals surface area (Å²) in [4.78, 5) is 4.61. The minimum Gasteiger partial charge on any atom is -0.490 e. The average Bonchev–Trinajstić information content (AvgIpc) is 3.48. The standard InChI is InChI=1S/C21H34FN3O2.HI/c1-4-23-21(24-12-6-5-7-13-26-3)25-16(2)18-10-11-20(19(22)14-18)27-15-17-8-9-17;/h10-11,14,16-17H,4-9,12-13,15H2,1-3H3,(H2,23,24,25);1H. The van der Waals surface area contributed by atoms with Gasteiger partial charge in [-0.05, 0) is 69.6 Å². The molecule has 1 unspecified atom stereocenters. The molecule has 1 fully saturated rings. The number of guanidine groups is 1. The van der Waals surface area contributed by atoms with Crippen LogP contribution in [0.1, 0.15) is 57.6 Å². The Bertz CT molecular complexity index is 597. The molecule has 1 aromatic rings. The van der Waals surface area contributed by atoms with Crippen molar-refractivity contribution in [3.05, 3.63) is 29.6 Å². The first kappa shape index (κ1) is 24.9. The first-order valence-corrected chi connectivity index (χ1v) is 10.1. The summed E-state index contributed by atoms with van der Waals surface area (Å²) in [7, 11) is 1.72. The fourth-order valence-electron chi connectivity index (χ4n) is 2.73. The van der Waals surface area contributed by atoms with Gasteiger partial charge in [0.15, 0.2) is 17.5 Å². The van der Waals surface area contributed by atoms with Gasteiger partial charge in [0.2, 0.25) is 0 Å². The first-order chi connectivity index (χ1) is 13.1. The van der Waals surface area contributed by atoms with E-state index in [2.05, 4.69) is 15.6 Å². The van der Waals surface area contributed by atoms with Crippen molar-refractivity contribution in [1.29, 1.82) is 0 Å². The number of nitrogens with zero attached hydrogens (tertiary/aromatic N) is 1. The zero-order chi connectivity index (χ0) is 19.5. The van der Waals surface area contributed by atoms with Crippen LogP contribution in [0.4, 0.5) is 4.39 Å². The highest BCUT2D eigenvalue weighted by atomic mass is 127. The van der Waals surface area contributed by atoms with E-state index in [1.807, 2.05) is 19.9 Å². The maximum Gasteiger partial charge on any atom is 0.191 e. The monoisotopic (exact) mass is 507 g/mol. The Balaban J connectivity index is 0.00000392. The summed E-state index contributed by atoms with van der Waals surface area (Å²) in [6, 6.07) is 5.14. The van der Waals surface area contributed by atoms with Gasteiger partial charge in [-0.3, -0.25) is 4.99 Å². The first-order valence-electron chi connectivity index (χ1n) is 10.1. The third-order valence-corrected chi connectivity index (χ3v) is 4.60. The van der Waals surface area contributed by atoms with Crippen LogP contribution in [0.15, 0.2) is 23.2 Å². The van der Waals surface area contributed by atoms with Crippen LogP contribution in [0.5, 0.6) is 5.75 Å². The number of hydrogen-bond donors (Lipinski definition) is 2. The highest BCUT2D eigenvalue weighted by Crippen LogP contribution is 2.30. The van der Waals surface area contributed by atoms with Crippen LogP contribution in [0.3, 0.4) is 0 Å². The van der Waals surface area contributed by atoms with Crippen molar-refractivity contribution in [1.82, 2.24) is 10.6 Å². The van der Waals surface area contributed by atoms with Gasteiger partial charge in [-0.25, -0.2) is 4.39 Å². The van der Waals surface area contributed by atoms with Crippen molar-refractivity contribution in [2.45, 2.75) is 52.0 Å². The van der Waals surface area contributed by atoms with Crippen LogP contribution in [0, 0.1) is 11.7 Å². The van der Waals surface area contributed by atoms with E-state index >= 15 is 0 Å². The van der Waals surface area contributed by atoms with Gasteiger partial charge in [0, 0.05) is 26.8 Å². The number of halogens is 2. The number of unbranched alkanes of at least 4 members (excludes halogenated alkanes) is 2. The predicted molar refractivity (Wildman–Crippen MR) is 123 cm³/mol. The number of rotatable bonds is 12. The molecule has 5 nitrogen and oxygen atoms in total. The van der Waals surface area contributed by atoms with E-state index in [0.29, 0.717) is 18.3 Å². The molecule has 0 bridgehead atoms. The number of ether oxygens (including phenoxy) is 2. The lowest BCUT2D eigenvalue weighted by Gasteiger charge is -2.19. The minimum absolute atomic E-state index is 0. The number of benzene rings is 1. The Kier molecular flexibility index (Phi) is 12.5. The second-order valence-electron chi connectivity index (χ2n) is 7.12. The van der Waals surface area contributed by atoms with E-state index in [1.165, 1.54) is 12.8 Å². The van der Waals surface area contributed by atoms with Crippen LogP contribution in [-0.2, 0) is 4.74 Å². The van der Waals surface area contributed by atoms with Gasteiger partial charge in [0.1, 0.15) is 0 Å². The Morgan fingerprint density at radius 2 is 2.07 bits per heavy atom. The molecule has 1 aliphatic rings. The smallest absolute Gasteiger partial charge is 0.191 e. The Morgan fingerprint density at radius 3 is 2.71 bits per heavy atom. The van der Waals surface area contributed by atoms with Crippen LogP contribution in [0.25, 0.3) is 0 Å². The van der Waals surface area contributed by atoms with Gasteiger partial charge < -0.3 is 20.1 Å². The molecular formula is C21H35FIN3O2. The summed E-state index contributed by atoms with van der Waals surface area (Å²) in [5.41, 5.74) is 0.872. The molecule has 28 heavy (non-hydrogen) atoms.